The number of carbonyl (C=O) groups excluding carboxylic acids is 1. The van der Waals surface area contributed by atoms with Gasteiger partial charge >= 0.3 is 0 Å². The summed E-state index contributed by atoms with van der Waals surface area (Å²) in [6.45, 7) is 5.43. The average molecular weight is 206 g/mol. The van der Waals surface area contributed by atoms with E-state index < -0.39 is 0 Å². The first-order valence-electron chi connectivity index (χ1n) is 5.06. The van der Waals surface area contributed by atoms with Gasteiger partial charge in [0.15, 0.2) is 0 Å². The number of hydrogen-bond donors (Lipinski definition) is 2. The highest BCUT2D eigenvalue weighted by atomic mass is 16.2. The Hall–Kier alpha value is -1.65. The van der Waals surface area contributed by atoms with Gasteiger partial charge in [0.05, 0.1) is 0 Å². The summed E-state index contributed by atoms with van der Waals surface area (Å²) in [6.07, 6.45) is 3.94. The first-order valence-corrected chi connectivity index (χ1v) is 5.06. The van der Waals surface area contributed by atoms with Crippen molar-refractivity contribution in [2.75, 3.05) is 0 Å². The molecule has 1 unspecified atom stereocenters. The number of H-pyrrole nitrogens is 1. The normalized spacial score (nSPS) is 17.1. The van der Waals surface area contributed by atoms with Gasteiger partial charge in [0.2, 0.25) is 5.82 Å². The van der Waals surface area contributed by atoms with Crippen LogP contribution in [0.5, 0.6) is 0 Å². The lowest BCUT2D eigenvalue weighted by molar-refractivity contribution is 0.0937. The molecule has 1 aromatic heterocycles. The summed E-state index contributed by atoms with van der Waals surface area (Å²) >= 11 is 0. The number of carbonyl (C=O) groups is 1. The molecule has 1 aliphatic carbocycles. The minimum Gasteiger partial charge on any atom is -0.343 e. The van der Waals surface area contributed by atoms with Crippen LogP contribution in [0.15, 0.2) is 12.7 Å². The highest BCUT2D eigenvalue weighted by Crippen LogP contribution is 2.37. The van der Waals surface area contributed by atoms with Crippen LogP contribution in [0, 0.1) is 0 Å². The van der Waals surface area contributed by atoms with Gasteiger partial charge in [-0.1, -0.05) is 6.08 Å². The van der Waals surface area contributed by atoms with Gasteiger partial charge in [0.25, 0.3) is 5.91 Å². The quantitative estimate of drug-likeness (QED) is 0.721. The SMILES string of the molecule is C=CC(C)NC(=O)c1n[nH]c(C2CC2)n1. The highest BCUT2D eigenvalue weighted by molar-refractivity contribution is 5.90. The lowest BCUT2D eigenvalue weighted by Gasteiger charge is -2.05. The van der Waals surface area contributed by atoms with Crippen LogP contribution in [-0.2, 0) is 0 Å². The van der Waals surface area contributed by atoms with Crippen LogP contribution in [0.4, 0.5) is 0 Å². The van der Waals surface area contributed by atoms with Crippen LogP contribution in [-0.4, -0.2) is 27.1 Å². The van der Waals surface area contributed by atoms with Crippen LogP contribution in [0.3, 0.4) is 0 Å². The van der Waals surface area contributed by atoms with Crippen molar-refractivity contribution in [3.05, 3.63) is 24.3 Å². The van der Waals surface area contributed by atoms with Gasteiger partial charge in [0.1, 0.15) is 5.82 Å². The molecule has 0 spiro atoms. The van der Waals surface area contributed by atoms with Gasteiger partial charge in [-0.15, -0.1) is 11.7 Å². The predicted molar refractivity (Wildman–Crippen MR) is 55.5 cm³/mol. The fourth-order valence-corrected chi connectivity index (χ4v) is 1.25. The zero-order valence-corrected chi connectivity index (χ0v) is 8.66. The first-order chi connectivity index (χ1) is 7.20. The molecule has 80 valence electrons. The second kappa shape index (κ2) is 3.84. The third-order valence-electron chi connectivity index (χ3n) is 2.38. The Morgan fingerprint density at radius 1 is 1.73 bits per heavy atom. The summed E-state index contributed by atoms with van der Waals surface area (Å²) in [6, 6.07) is -0.0691. The van der Waals surface area contributed by atoms with Crippen molar-refractivity contribution in [3.63, 3.8) is 0 Å². The lowest BCUT2D eigenvalue weighted by Crippen LogP contribution is -2.31. The topological polar surface area (TPSA) is 70.7 Å². The Bertz CT molecular complexity index is 381. The van der Waals surface area contributed by atoms with E-state index in [0.29, 0.717) is 5.92 Å². The Morgan fingerprint density at radius 2 is 2.47 bits per heavy atom. The average Bonchev–Trinajstić information content (AvgIpc) is 2.96. The number of hydrogen-bond acceptors (Lipinski definition) is 3. The number of nitrogens with zero attached hydrogens (tertiary/aromatic N) is 2. The maximum Gasteiger partial charge on any atom is 0.291 e. The molecule has 1 aromatic rings. The number of rotatable bonds is 4. The van der Waals surface area contributed by atoms with E-state index in [1.54, 1.807) is 6.08 Å². The Kier molecular flexibility index (Phi) is 2.53. The fourth-order valence-electron chi connectivity index (χ4n) is 1.25. The fraction of sp³-hybridized carbons (Fsp3) is 0.500. The molecule has 0 bridgehead atoms. The minimum absolute atomic E-state index is 0.0691. The van der Waals surface area contributed by atoms with E-state index >= 15 is 0 Å². The molecule has 0 aliphatic heterocycles. The smallest absolute Gasteiger partial charge is 0.291 e. The Morgan fingerprint density at radius 3 is 3.07 bits per heavy atom. The highest BCUT2D eigenvalue weighted by Gasteiger charge is 2.28. The number of aromatic amines is 1. The zero-order chi connectivity index (χ0) is 10.8. The number of aromatic nitrogens is 3. The number of amides is 1. The van der Waals surface area contributed by atoms with Crippen LogP contribution >= 0.6 is 0 Å². The Labute approximate surface area is 88.0 Å². The second-order valence-electron chi connectivity index (χ2n) is 3.82. The minimum atomic E-state index is -0.259. The Balaban J connectivity index is 2.01. The predicted octanol–water partition coefficient (Wildman–Crippen LogP) is 0.986. The van der Waals surface area contributed by atoms with Crippen molar-refractivity contribution in [1.82, 2.24) is 20.5 Å². The molecule has 1 heterocycles. The van der Waals surface area contributed by atoms with Crippen molar-refractivity contribution in [3.8, 4) is 0 Å². The molecule has 1 saturated carbocycles. The molecule has 1 amide bonds. The standard InChI is InChI=1S/C10H14N4O/c1-3-6(2)11-10(15)9-12-8(13-14-9)7-4-5-7/h3,6-7H,1,4-5H2,2H3,(H,11,15)(H,12,13,14). The van der Waals surface area contributed by atoms with Crippen molar-refractivity contribution < 1.29 is 4.79 Å². The van der Waals surface area contributed by atoms with Gasteiger partial charge in [-0.05, 0) is 19.8 Å². The molecule has 0 aromatic carbocycles. The van der Waals surface area contributed by atoms with Crippen LogP contribution in [0.25, 0.3) is 0 Å². The molecule has 1 aliphatic rings. The van der Waals surface area contributed by atoms with Crippen LogP contribution in [0.1, 0.15) is 42.1 Å². The van der Waals surface area contributed by atoms with Crippen molar-refractivity contribution in [2.24, 2.45) is 0 Å². The summed E-state index contributed by atoms with van der Waals surface area (Å²) in [5.74, 6) is 1.26. The molecule has 15 heavy (non-hydrogen) atoms. The first kappa shape index (κ1) is 9.89. The molecule has 2 rings (SSSR count). The summed E-state index contributed by atoms with van der Waals surface area (Å²) in [7, 11) is 0. The van der Waals surface area contributed by atoms with Gasteiger partial charge < -0.3 is 5.32 Å². The molecular weight excluding hydrogens is 192 g/mol. The van der Waals surface area contributed by atoms with E-state index in [2.05, 4.69) is 27.1 Å². The van der Waals surface area contributed by atoms with Gasteiger partial charge in [-0.3, -0.25) is 9.89 Å². The second-order valence-corrected chi connectivity index (χ2v) is 3.82. The molecule has 1 atom stereocenters. The molecule has 5 nitrogen and oxygen atoms in total. The molecule has 2 N–H and O–H groups in total. The summed E-state index contributed by atoms with van der Waals surface area (Å²) in [5, 5.41) is 9.39. The van der Waals surface area contributed by atoms with E-state index in [9.17, 15) is 4.79 Å². The van der Waals surface area contributed by atoms with Crippen LogP contribution in [0.2, 0.25) is 0 Å². The van der Waals surface area contributed by atoms with E-state index in [1.165, 1.54) is 0 Å². The monoisotopic (exact) mass is 206 g/mol. The maximum absolute atomic E-state index is 11.6. The van der Waals surface area contributed by atoms with Crippen LogP contribution < -0.4 is 5.32 Å². The van der Waals surface area contributed by atoms with Crippen molar-refractivity contribution in [2.45, 2.75) is 31.7 Å². The molecule has 1 fully saturated rings. The summed E-state index contributed by atoms with van der Waals surface area (Å²) < 4.78 is 0. The molecule has 5 heteroatoms. The molecule has 0 saturated heterocycles. The molecular formula is C10H14N4O. The third kappa shape index (κ3) is 2.23. The lowest BCUT2D eigenvalue weighted by atomic mass is 10.3. The zero-order valence-electron chi connectivity index (χ0n) is 8.66. The largest absolute Gasteiger partial charge is 0.343 e. The maximum atomic E-state index is 11.6. The summed E-state index contributed by atoms with van der Waals surface area (Å²) in [4.78, 5) is 15.7. The van der Waals surface area contributed by atoms with E-state index in [0.717, 1.165) is 18.7 Å². The van der Waals surface area contributed by atoms with Gasteiger partial charge in [-0.2, -0.15) is 0 Å². The van der Waals surface area contributed by atoms with E-state index in [-0.39, 0.29) is 17.8 Å². The third-order valence-corrected chi connectivity index (χ3v) is 2.38. The van der Waals surface area contributed by atoms with Crippen molar-refractivity contribution >= 4 is 5.91 Å². The van der Waals surface area contributed by atoms with E-state index in [4.69, 9.17) is 0 Å². The van der Waals surface area contributed by atoms with Gasteiger partial charge in [0, 0.05) is 12.0 Å². The number of nitrogens with one attached hydrogen (secondary N) is 2. The van der Waals surface area contributed by atoms with Crippen molar-refractivity contribution in [1.29, 1.82) is 0 Å². The van der Waals surface area contributed by atoms with E-state index in [1.807, 2.05) is 6.92 Å². The molecule has 0 radical (unpaired) electrons. The van der Waals surface area contributed by atoms with Gasteiger partial charge in [-0.25, -0.2) is 4.98 Å². The summed E-state index contributed by atoms with van der Waals surface area (Å²) in [5.41, 5.74) is 0.